The number of likely N-dealkylation sites (N-methyl/N-ethyl adjacent to an activating group) is 1. The average molecular weight is 276 g/mol. The number of nitrogens with one attached hydrogen (secondary N) is 1. The molecule has 0 fully saturated rings. The number of benzene rings is 1. The summed E-state index contributed by atoms with van der Waals surface area (Å²) in [6.07, 6.45) is 0. The quantitative estimate of drug-likeness (QED) is 0.564. The second-order valence-corrected chi connectivity index (χ2v) is 6.00. The molecule has 1 rings (SSSR count). The van der Waals surface area contributed by atoms with E-state index in [0.717, 1.165) is 37.3 Å². The van der Waals surface area contributed by atoms with Gasteiger partial charge in [-0.1, -0.05) is 38.1 Å². The number of nitrogen functional groups attached to an aromatic ring is 1. The maximum Gasteiger partial charge on any atom is 0.123 e. The molecular formula is C16H28N4. The molecule has 4 heteroatoms. The molecule has 0 bridgehead atoms. The normalized spacial score (nSPS) is 11.6. The molecule has 1 aromatic rings. The van der Waals surface area contributed by atoms with Crippen molar-refractivity contribution in [2.24, 2.45) is 11.7 Å². The Morgan fingerprint density at radius 2 is 1.85 bits per heavy atom. The largest absolute Gasteiger partial charge is 0.384 e. The maximum atomic E-state index is 7.68. The summed E-state index contributed by atoms with van der Waals surface area (Å²) in [4.78, 5) is 4.64. The predicted molar refractivity (Wildman–Crippen MR) is 86.1 cm³/mol. The first-order valence-corrected chi connectivity index (χ1v) is 7.19. The summed E-state index contributed by atoms with van der Waals surface area (Å²) in [5.74, 6) is 0.777. The van der Waals surface area contributed by atoms with E-state index in [1.165, 1.54) is 0 Å². The Balaban J connectivity index is 2.80. The molecular weight excluding hydrogens is 248 g/mol. The fourth-order valence-corrected chi connectivity index (χ4v) is 2.25. The highest BCUT2D eigenvalue weighted by atomic mass is 15.2. The molecule has 20 heavy (non-hydrogen) atoms. The van der Waals surface area contributed by atoms with Crippen molar-refractivity contribution >= 4 is 5.84 Å². The zero-order valence-corrected chi connectivity index (χ0v) is 13.2. The fraction of sp³-hybridized carbons (Fsp3) is 0.562. The molecule has 0 radical (unpaired) electrons. The minimum absolute atomic E-state index is 0.151. The summed E-state index contributed by atoms with van der Waals surface area (Å²) >= 11 is 0. The van der Waals surface area contributed by atoms with E-state index >= 15 is 0 Å². The van der Waals surface area contributed by atoms with Crippen LogP contribution in [0.5, 0.6) is 0 Å². The number of nitrogens with two attached hydrogens (primary N) is 1. The first kappa shape index (κ1) is 16.7. The van der Waals surface area contributed by atoms with Gasteiger partial charge in [-0.3, -0.25) is 10.3 Å². The molecule has 0 atom stereocenters. The van der Waals surface area contributed by atoms with Crippen LogP contribution in [0.2, 0.25) is 0 Å². The van der Waals surface area contributed by atoms with Crippen LogP contribution < -0.4 is 5.73 Å². The lowest BCUT2D eigenvalue weighted by Crippen LogP contribution is -2.34. The zero-order chi connectivity index (χ0) is 15.1. The molecule has 0 aliphatic rings. The van der Waals surface area contributed by atoms with Crippen LogP contribution in [0.4, 0.5) is 0 Å². The smallest absolute Gasteiger partial charge is 0.123 e. The van der Waals surface area contributed by atoms with Crippen LogP contribution in [-0.4, -0.2) is 49.4 Å². The number of rotatable bonds is 8. The van der Waals surface area contributed by atoms with Gasteiger partial charge in [0.05, 0.1) is 0 Å². The summed E-state index contributed by atoms with van der Waals surface area (Å²) in [5.41, 5.74) is 7.66. The Morgan fingerprint density at radius 1 is 1.20 bits per heavy atom. The summed E-state index contributed by atoms with van der Waals surface area (Å²) in [5, 5.41) is 7.68. The van der Waals surface area contributed by atoms with Crippen LogP contribution >= 0.6 is 0 Å². The van der Waals surface area contributed by atoms with Gasteiger partial charge in [-0.2, -0.15) is 0 Å². The molecule has 3 N–H and O–H groups in total. The third-order valence-corrected chi connectivity index (χ3v) is 3.19. The SMILES string of the molecule is CC(C)CN(CCN(C)C)Cc1ccccc1C(=N)N. The van der Waals surface area contributed by atoms with Gasteiger partial charge < -0.3 is 10.6 Å². The molecule has 0 saturated heterocycles. The second-order valence-electron chi connectivity index (χ2n) is 6.00. The number of nitrogens with zero attached hydrogens (tertiary/aromatic N) is 2. The van der Waals surface area contributed by atoms with Crippen molar-refractivity contribution in [1.29, 1.82) is 5.41 Å². The molecule has 112 valence electrons. The molecule has 0 heterocycles. The highest BCUT2D eigenvalue weighted by molar-refractivity contribution is 5.96. The topological polar surface area (TPSA) is 56.4 Å². The minimum Gasteiger partial charge on any atom is -0.384 e. The Kier molecular flexibility index (Phi) is 6.68. The van der Waals surface area contributed by atoms with Gasteiger partial charge in [0, 0.05) is 31.7 Å². The van der Waals surface area contributed by atoms with Gasteiger partial charge in [0.25, 0.3) is 0 Å². The van der Waals surface area contributed by atoms with Gasteiger partial charge in [-0.15, -0.1) is 0 Å². The molecule has 0 aliphatic heterocycles. The van der Waals surface area contributed by atoms with E-state index in [2.05, 4.69) is 43.8 Å². The summed E-state index contributed by atoms with van der Waals surface area (Å²) < 4.78 is 0. The van der Waals surface area contributed by atoms with E-state index in [0.29, 0.717) is 5.92 Å². The third-order valence-electron chi connectivity index (χ3n) is 3.19. The minimum atomic E-state index is 0.151. The van der Waals surface area contributed by atoms with Crippen LogP contribution in [-0.2, 0) is 6.54 Å². The standard InChI is InChI=1S/C16H28N4/c1-13(2)11-20(10-9-19(3)4)12-14-7-5-6-8-15(14)16(17)18/h5-8,13H,9-12H2,1-4H3,(H3,17,18). The Bertz CT molecular complexity index is 426. The average Bonchev–Trinajstić information content (AvgIpc) is 2.35. The van der Waals surface area contributed by atoms with Crippen LogP contribution in [0.25, 0.3) is 0 Å². The van der Waals surface area contributed by atoms with Crippen molar-refractivity contribution < 1.29 is 0 Å². The first-order valence-electron chi connectivity index (χ1n) is 7.19. The molecule has 0 spiro atoms. The van der Waals surface area contributed by atoms with Crippen LogP contribution in [0, 0.1) is 11.3 Å². The van der Waals surface area contributed by atoms with Crippen LogP contribution in [0.15, 0.2) is 24.3 Å². The predicted octanol–water partition coefficient (Wildman–Crippen LogP) is 1.99. The summed E-state index contributed by atoms with van der Waals surface area (Å²) in [7, 11) is 4.19. The van der Waals surface area contributed by atoms with E-state index in [1.807, 2.05) is 18.2 Å². The lowest BCUT2D eigenvalue weighted by atomic mass is 10.1. The second kappa shape index (κ2) is 8.02. The summed E-state index contributed by atoms with van der Waals surface area (Å²) in [6.45, 7) is 8.44. The molecule has 0 aliphatic carbocycles. The molecule has 0 aromatic heterocycles. The molecule has 0 saturated carbocycles. The van der Waals surface area contributed by atoms with Gasteiger partial charge in [-0.25, -0.2) is 0 Å². The van der Waals surface area contributed by atoms with E-state index in [-0.39, 0.29) is 5.84 Å². The van der Waals surface area contributed by atoms with Crippen molar-refractivity contribution in [2.75, 3.05) is 33.7 Å². The van der Waals surface area contributed by atoms with Crippen molar-refractivity contribution in [1.82, 2.24) is 9.80 Å². The van der Waals surface area contributed by atoms with Crippen molar-refractivity contribution in [3.05, 3.63) is 35.4 Å². The molecule has 0 amide bonds. The summed E-state index contributed by atoms with van der Waals surface area (Å²) in [6, 6.07) is 7.95. The van der Waals surface area contributed by atoms with Crippen LogP contribution in [0.3, 0.4) is 0 Å². The van der Waals surface area contributed by atoms with Crippen LogP contribution in [0.1, 0.15) is 25.0 Å². The first-order chi connectivity index (χ1) is 9.40. The van der Waals surface area contributed by atoms with E-state index in [4.69, 9.17) is 11.1 Å². The fourth-order valence-electron chi connectivity index (χ4n) is 2.25. The number of hydrogen-bond acceptors (Lipinski definition) is 3. The Labute approximate surface area is 123 Å². The third kappa shape index (κ3) is 5.72. The van der Waals surface area contributed by atoms with E-state index < -0.39 is 0 Å². The number of amidine groups is 1. The van der Waals surface area contributed by atoms with Gasteiger partial charge in [0.15, 0.2) is 0 Å². The molecule has 1 aromatic carbocycles. The number of hydrogen-bond donors (Lipinski definition) is 2. The Hall–Kier alpha value is -1.39. The van der Waals surface area contributed by atoms with E-state index in [1.54, 1.807) is 0 Å². The monoisotopic (exact) mass is 276 g/mol. The maximum absolute atomic E-state index is 7.68. The highest BCUT2D eigenvalue weighted by Gasteiger charge is 2.12. The lowest BCUT2D eigenvalue weighted by Gasteiger charge is -2.26. The van der Waals surface area contributed by atoms with Gasteiger partial charge in [-0.05, 0) is 25.6 Å². The van der Waals surface area contributed by atoms with Crippen molar-refractivity contribution in [3.63, 3.8) is 0 Å². The molecule has 0 unspecified atom stereocenters. The van der Waals surface area contributed by atoms with E-state index in [9.17, 15) is 0 Å². The van der Waals surface area contributed by atoms with Gasteiger partial charge in [0.1, 0.15) is 5.84 Å². The highest BCUT2D eigenvalue weighted by Crippen LogP contribution is 2.12. The Morgan fingerprint density at radius 3 is 2.40 bits per heavy atom. The van der Waals surface area contributed by atoms with Crippen molar-refractivity contribution in [3.8, 4) is 0 Å². The molecule has 4 nitrogen and oxygen atoms in total. The lowest BCUT2D eigenvalue weighted by molar-refractivity contribution is 0.211. The van der Waals surface area contributed by atoms with Crippen molar-refractivity contribution in [2.45, 2.75) is 20.4 Å². The van der Waals surface area contributed by atoms with Gasteiger partial charge >= 0.3 is 0 Å². The van der Waals surface area contributed by atoms with Gasteiger partial charge in [0.2, 0.25) is 0 Å². The zero-order valence-electron chi connectivity index (χ0n) is 13.2.